The van der Waals surface area contributed by atoms with E-state index < -0.39 is 0 Å². The molecule has 0 aromatic carbocycles. The largest absolute Gasteiger partial charge is 0.393 e. The van der Waals surface area contributed by atoms with Gasteiger partial charge in [-0.25, -0.2) is 0 Å². The van der Waals surface area contributed by atoms with Gasteiger partial charge >= 0.3 is 0 Å². The monoisotopic (exact) mass is 408 g/mol. The average molecular weight is 409 g/mol. The Labute approximate surface area is 182 Å². The van der Waals surface area contributed by atoms with Gasteiger partial charge in [-0.05, 0) is 93.3 Å². The molecule has 0 aromatic rings. The van der Waals surface area contributed by atoms with Gasteiger partial charge in [-0.2, -0.15) is 0 Å². The van der Waals surface area contributed by atoms with Crippen LogP contribution >= 0.6 is 0 Å². The zero-order valence-electron chi connectivity index (χ0n) is 19.4. The van der Waals surface area contributed by atoms with Gasteiger partial charge in [-0.15, -0.1) is 0 Å². The molecule has 164 valence electrons. The lowest BCUT2D eigenvalue weighted by Gasteiger charge is -2.61. The first kappa shape index (κ1) is 19.8. The highest BCUT2D eigenvalue weighted by Crippen LogP contribution is 2.82. The fourth-order valence-corrected chi connectivity index (χ4v) is 9.30. The molecule has 6 aliphatic carbocycles. The van der Waals surface area contributed by atoms with Crippen molar-refractivity contribution in [3.63, 3.8) is 0 Å². The van der Waals surface area contributed by atoms with Crippen LogP contribution in [0.3, 0.4) is 0 Å². The van der Waals surface area contributed by atoms with Crippen molar-refractivity contribution in [2.75, 3.05) is 0 Å². The van der Waals surface area contributed by atoms with E-state index in [9.17, 15) is 5.11 Å². The quantitative estimate of drug-likeness (QED) is 0.560. The van der Waals surface area contributed by atoms with Gasteiger partial charge in [0.25, 0.3) is 0 Å². The van der Waals surface area contributed by atoms with Crippen molar-refractivity contribution >= 4 is 0 Å². The summed E-state index contributed by atoms with van der Waals surface area (Å²) in [6, 6.07) is 0. The second kappa shape index (κ2) is 6.13. The molecule has 2 heteroatoms. The summed E-state index contributed by atoms with van der Waals surface area (Å²) in [5, 5.41) is 10.2. The molecule has 9 atom stereocenters. The molecule has 7 aliphatic rings. The molecule has 1 saturated heterocycles. The lowest BCUT2D eigenvalue weighted by molar-refractivity contribution is -0.166. The maximum absolute atomic E-state index is 10.2. The number of fused-ring (bicyclic) bond motifs is 3. The molecule has 9 unspecified atom stereocenters. The van der Waals surface area contributed by atoms with E-state index in [0.717, 1.165) is 49.9 Å². The maximum atomic E-state index is 10.2. The Morgan fingerprint density at radius 3 is 2.80 bits per heavy atom. The number of aliphatic hydroxyl groups excluding tert-OH is 1. The van der Waals surface area contributed by atoms with Crippen LogP contribution in [0.4, 0.5) is 0 Å². The lowest BCUT2D eigenvalue weighted by atomic mass is 9.43. The van der Waals surface area contributed by atoms with Crippen LogP contribution < -0.4 is 0 Å². The smallest absolute Gasteiger partial charge is 0.0696 e. The SMILES string of the molecule is C=C(CCC1(C)OC2C3CC1C21CCC2C(=CC=C4CC(O)CCC42C)C31)C(C)C. The minimum atomic E-state index is -0.125. The Morgan fingerprint density at radius 1 is 1.23 bits per heavy atom. The Kier molecular flexibility index (Phi) is 4.05. The number of rotatable bonds is 4. The van der Waals surface area contributed by atoms with E-state index in [0.29, 0.717) is 23.4 Å². The molecule has 0 aromatic heterocycles. The number of hydrogen-bond acceptors (Lipinski definition) is 2. The summed E-state index contributed by atoms with van der Waals surface area (Å²) in [6.45, 7) is 13.8. The normalized spacial score (nSPS) is 52.7. The van der Waals surface area contributed by atoms with Gasteiger partial charge in [0.05, 0.1) is 17.8 Å². The van der Waals surface area contributed by atoms with E-state index in [1.54, 1.807) is 5.57 Å². The van der Waals surface area contributed by atoms with Gasteiger partial charge in [-0.1, -0.05) is 56.2 Å². The van der Waals surface area contributed by atoms with Gasteiger partial charge < -0.3 is 9.84 Å². The summed E-state index contributed by atoms with van der Waals surface area (Å²) in [5.41, 5.74) is 5.44. The molecule has 7 rings (SSSR count). The average Bonchev–Trinajstić information content (AvgIpc) is 3.28. The second-order valence-corrected chi connectivity index (χ2v) is 12.5. The third kappa shape index (κ3) is 2.23. The van der Waals surface area contributed by atoms with Crippen LogP contribution in [0.1, 0.15) is 79.1 Å². The third-order valence-corrected chi connectivity index (χ3v) is 11.0. The zero-order chi connectivity index (χ0) is 21.1. The minimum absolute atomic E-state index is 0.0512. The zero-order valence-corrected chi connectivity index (χ0v) is 19.4. The molecule has 1 aliphatic heterocycles. The molecule has 5 saturated carbocycles. The van der Waals surface area contributed by atoms with Gasteiger partial charge in [-0.3, -0.25) is 0 Å². The molecule has 0 amide bonds. The van der Waals surface area contributed by atoms with Crippen LogP contribution in [0.2, 0.25) is 0 Å². The molecule has 0 radical (unpaired) electrons. The first-order chi connectivity index (χ1) is 14.2. The van der Waals surface area contributed by atoms with Crippen LogP contribution in [0.5, 0.6) is 0 Å². The van der Waals surface area contributed by atoms with Crippen molar-refractivity contribution in [1.29, 1.82) is 0 Å². The van der Waals surface area contributed by atoms with Crippen LogP contribution in [-0.2, 0) is 4.74 Å². The Hall–Kier alpha value is -0.860. The fraction of sp³-hybridized carbons (Fsp3) is 0.786. The van der Waals surface area contributed by atoms with E-state index in [1.807, 2.05) is 0 Å². The van der Waals surface area contributed by atoms with Gasteiger partial charge in [0.2, 0.25) is 0 Å². The summed E-state index contributed by atoms with van der Waals surface area (Å²) in [5.74, 6) is 3.54. The van der Waals surface area contributed by atoms with Crippen molar-refractivity contribution < 1.29 is 9.84 Å². The summed E-state index contributed by atoms with van der Waals surface area (Å²) in [4.78, 5) is 0. The number of ether oxygens (including phenoxy) is 1. The van der Waals surface area contributed by atoms with E-state index in [2.05, 4.69) is 46.4 Å². The highest BCUT2D eigenvalue weighted by Gasteiger charge is 2.81. The predicted octanol–water partition coefficient (Wildman–Crippen LogP) is 6.22. The Morgan fingerprint density at radius 2 is 2.03 bits per heavy atom. The molecule has 2 nitrogen and oxygen atoms in total. The number of allylic oxidation sites excluding steroid dienone is 4. The molecular formula is C28H40O2. The van der Waals surface area contributed by atoms with Crippen molar-refractivity contribution in [2.45, 2.75) is 96.9 Å². The molecule has 6 fully saturated rings. The highest BCUT2D eigenvalue weighted by atomic mass is 16.5. The Bertz CT molecular complexity index is 851. The van der Waals surface area contributed by atoms with Crippen molar-refractivity contribution in [2.24, 2.45) is 40.4 Å². The van der Waals surface area contributed by atoms with E-state index in [1.165, 1.54) is 30.4 Å². The van der Waals surface area contributed by atoms with Crippen LogP contribution in [0, 0.1) is 40.4 Å². The second-order valence-electron chi connectivity index (χ2n) is 12.5. The maximum Gasteiger partial charge on any atom is 0.0696 e. The molecule has 30 heavy (non-hydrogen) atoms. The van der Waals surface area contributed by atoms with Crippen LogP contribution in [0.25, 0.3) is 0 Å². The summed E-state index contributed by atoms with van der Waals surface area (Å²) >= 11 is 0. The summed E-state index contributed by atoms with van der Waals surface area (Å²) < 4.78 is 6.91. The molecule has 1 N–H and O–H groups in total. The van der Waals surface area contributed by atoms with E-state index in [-0.39, 0.29) is 17.1 Å². The molecule has 1 spiro atoms. The van der Waals surface area contributed by atoms with E-state index in [4.69, 9.17) is 4.74 Å². The minimum Gasteiger partial charge on any atom is -0.393 e. The number of aliphatic hydroxyl groups is 1. The van der Waals surface area contributed by atoms with Gasteiger partial charge in [0.1, 0.15) is 0 Å². The third-order valence-electron chi connectivity index (χ3n) is 11.0. The van der Waals surface area contributed by atoms with Gasteiger partial charge in [0, 0.05) is 5.41 Å². The van der Waals surface area contributed by atoms with Crippen molar-refractivity contribution in [3.8, 4) is 0 Å². The standard InChI is InChI=1S/C28H40O2/c1-16(2)17(3)8-12-27(5)23-15-21-24-20-7-6-18-14-19(29)9-11-26(18,4)22(20)10-13-28(23,24)25(21)30-27/h6-7,16,19,21-25,29H,3,8-15H2,1-2,4-5H3. The predicted molar refractivity (Wildman–Crippen MR) is 121 cm³/mol. The lowest BCUT2D eigenvalue weighted by Crippen LogP contribution is -2.59. The first-order valence-corrected chi connectivity index (χ1v) is 12.7. The van der Waals surface area contributed by atoms with Crippen LogP contribution in [-0.4, -0.2) is 22.9 Å². The van der Waals surface area contributed by atoms with Crippen LogP contribution in [0.15, 0.2) is 35.5 Å². The fourth-order valence-electron chi connectivity index (χ4n) is 9.30. The molecule has 1 heterocycles. The van der Waals surface area contributed by atoms with Crippen molar-refractivity contribution in [1.82, 2.24) is 0 Å². The summed E-state index contributed by atoms with van der Waals surface area (Å²) in [6.07, 6.45) is 14.7. The van der Waals surface area contributed by atoms with Crippen molar-refractivity contribution in [3.05, 3.63) is 35.5 Å². The number of hydrogen-bond donors (Lipinski definition) is 1. The summed E-state index contributed by atoms with van der Waals surface area (Å²) in [7, 11) is 0. The Balaban J connectivity index is 1.28. The topological polar surface area (TPSA) is 29.5 Å². The van der Waals surface area contributed by atoms with Gasteiger partial charge in [0.15, 0.2) is 0 Å². The molecule has 4 bridgehead atoms. The molecular weight excluding hydrogens is 368 g/mol. The highest BCUT2D eigenvalue weighted by molar-refractivity contribution is 5.44. The van der Waals surface area contributed by atoms with E-state index >= 15 is 0 Å². The first-order valence-electron chi connectivity index (χ1n) is 12.7.